The number of methoxy groups -OCH3 is 1. The van der Waals surface area contributed by atoms with Gasteiger partial charge in [0.2, 0.25) is 0 Å². The third-order valence-corrected chi connectivity index (χ3v) is 5.66. The van der Waals surface area contributed by atoms with Crippen molar-refractivity contribution >= 4 is 34.7 Å². The van der Waals surface area contributed by atoms with Gasteiger partial charge in [0.1, 0.15) is 5.75 Å². The Morgan fingerprint density at radius 1 is 0.900 bits per heavy atom. The predicted octanol–water partition coefficient (Wildman–Crippen LogP) is 6.05. The summed E-state index contributed by atoms with van der Waals surface area (Å²) >= 11 is 12.1. The minimum Gasteiger partial charge on any atom is -0.503 e. The molecular weight excluding hydrogens is 421 g/mol. The summed E-state index contributed by atoms with van der Waals surface area (Å²) in [5.41, 5.74) is 3.08. The molecule has 0 radical (unpaired) electrons. The Labute approximate surface area is 184 Å². The Balaban J connectivity index is 1.79. The summed E-state index contributed by atoms with van der Waals surface area (Å²) in [5, 5.41) is 12.1. The first-order valence-corrected chi connectivity index (χ1v) is 10.1. The van der Waals surface area contributed by atoms with E-state index in [1.54, 1.807) is 48.4 Å². The van der Waals surface area contributed by atoms with Crippen LogP contribution in [0.5, 0.6) is 5.75 Å². The lowest BCUT2D eigenvalue weighted by molar-refractivity contribution is -0.130. The van der Waals surface area contributed by atoms with Crippen molar-refractivity contribution < 1.29 is 14.6 Å². The monoisotopic (exact) mass is 439 g/mol. The Hall–Kier alpha value is -2.95. The topological polar surface area (TPSA) is 49.8 Å². The van der Waals surface area contributed by atoms with Crippen LogP contribution in [0.3, 0.4) is 0 Å². The van der Waals surface area contributed by atoms with Crippen LogP contribution < -0.4 is 4.74 Å². The number of halogens is 2. The van der Waals surface area contributed by atoms with Gasteiger partial charge in [-0.1, -0.05) is 59.6 Å². The molecule has 1 N–H and O–H groups in total. The summed E-state index contributed by atoms with van der Waals surface area (Å²) in [6, 6.07) is 21.5. The lowest BCUT2D eigenvalue weighted by Crippen LogP contribution is -2.29. The standard InChI is InChI=1S/C24H19Cl2NO3/c1-30-20-12-6-16(7-13-20)21-22(17-4-10-19(26)11-5-17)27(24(29)23(21)28)14-15-2-8-18(25)9-3-15/h2-13,22,28H,14H2,1H3. The molecule has 0 fully saturated rings. The number of benzene rings is 3. The SMILES string of the molecule is COc1ccc(C2=C(O)C(=O)N(Cc3ccc(Cl)cc3)C2c2ccc(Cl)cc2)cc1. The van der Waals surface area contributed by atoms with Gasteiger partial charge in [0.15, 0.2) is 5.76 Å². The second-order valence-electron chi connectivity index (χ2n) is 7.00. The van der Waals surface area contributed by atoms with Crippen molar-refractivity contribution in [1.29, 1.82) is 0 Å². The van der Waals surface area contributed by atoms with E-state index >= 15 is 0 Å². The number of carbonyl (C=O) groups is 1. The maximum Gasteiger partial charge on any atom is 0.290 e. The molecule has 0 aromatic heterocycles. The van der Waals surface area contributed by atoms with Crippen molar-refractivity contribution in [2.24, 2.45) is 0 Å². The zero-order valence-corrected chi connectivity index (χ0v) is 17.7. The summed E-state index contributed by atoms with van der Waals surface area (Å²) < 4.78 is 5.23. The average molecular weight is 440 g/mol. The van der Waals surface area contributed by atoms with Crippen LogP contribution in [0, 0.1) is 0 Å². The van der Waals surface area contributed by atoms with Gasteiger partial charge < -0.3 is 14.7 Å². The molecule has 1 aliphatic heterocycles. The number of rotatable bonds is 5. The van der Waals surface area contributed by atoms with E-state index in [1.165, 1.54) is 0 Å². The molecule has 1 aliphatic rings. The minimum atomic E-state index is -0.459. The molecular formula is C24H19Cl2NO3. The van der Waals surface area contributed by atoms with Crippen LogP contribution in [0.1, 0.15) is 22.7 Å². The average Bonchev–Trinajstić information content (AvgIpc) is 3.01. The van der Waals surface area contributed by atoms with Gasteiger partial charge >= 0.3 is 0 Å². The largest absolute Gasteiger partial charge is 0.503 e. The molecule has 4 nitrogen and oxygen atoms in total. The first kappa shape index (κ1) is 20.3. The molecule has 6 heteroatoms. The van der Waals surface area contributed by atoms with E-state index in [1.807, 2.05) is 36.4 Å². The van der Waals surface area contributed by atoms with Crippen molar-refractivity contribution in [3.05, 3.63) is 105 Å². The summed E-state index contributed by atoms with van der Waals surface area (Å²) in [5.74, 6) is 0.0222. The van der Waals surface area contributed by atoms with Crippen LogP contribution in [0.15, 0.2) is 78.6 Å². The molecule has 4 rings (SSSR count). The molecule has 1 unspecified atom stereocenters. The van der Waals surface area contributed by atoms with Crippen LogP contribution in [0.4, 0.5) is 0 Å². The number of carbonyl (C=O) groups excluding carboxylic acids is 1. The number of nitrogens with zero attached hydrogens (tertiary/aromatic N) is 1. The Kier molecular flexibility index (Phi) is 5.71. The van der Waals surface area contributed by atoms with Gasteiger partial charge in [-0.25, -0.2) is 0 Å². The number of aliphatic hydroxyl groups is 1. The van der Waals surface area contributed by atoms with E-state index in [0.717, 1.165) is 16.7 Å². The lowest BCUT2D eigenvalue weighted by atomic mass is 9.93. The van der Waals surface area contributed by atoms with Crippen LogP contribution in [0.2, 0.25) is 10.0 Å². The minimum absolute atomic E-state index is 0.255. The van der Waals surface area contributed by atoms with Crippen molar-refractivity contribution in [2.75, 3.05) is 7.11 Å². The van der Waals surface area contributed by atoms with Gasteiger partial charge in [0.25, 0.3) is 5.91 Å². The van der Waals surface area contributed by atoms with Gasteiger partial charge in [0, 0.05) is 22.2 Å². The maximum absolute atomic E-state index is 13.1. The van der Waals surface area contributed by atoms with E-state index in [2.05, 4.69) is 0 Å². The van der Waals surface area contributed by atoms with E-state index in [0.29, 0.717) is 27.9 Å². The highest BCUT2D eigenvalue weighted by atomic mass is 35.5. The Morgan fingerprint density at radius 2 is 1.47 bits per heavy atom. The number of ether oxygens (including phenoxy) is 1. The number of aliphatic hydroxyl groups excluding tert-OH is 1. The third-order valence-electron chi connectivity index (χ3n) is 5.16. The molecule has 0 saturated heterocycles. The molecule has 152 valence electrons. The first-order chi connectivity index (χ1) is 14.5. The first-order valence-electron chi connectivity index (χ1n) is 9.36. The van der Waals surface area contributed by atoms with Crippen molar-refractivity contribution in [3.63, 3.8) is 0 Å². The predicted molar refractivity (Wildman–Crippen MR) is 119 cm³/mol. The molecule has 0 spiro atoms. The van der Waals surface area contributed by atoms with E-state index in [4.69, 9.17) is 27.9 Å². The quantitative estimate of drug-likeness (QED) is 0.525. The van der Waals surface area contributed by atoms with Crippen molar-refractivity contribution in [2.45, 2.75) is 12.6 Å². The highest BCUT2D eigenvalue weighted by molar-refractivity contribution is 6.30. The summed E-state index contributed by atoms with van der Waals surface area (Å²) in [7, 11) is 1.59. The number of hydrogen-bond acceptors (Lipinski definition) is 3. The molecule has 1 atom stereocenters. The molecule has 1 heterocycles. The van der Waals surface area contributed by atoms with Gasteiger partial charge in [-0.2, -0.15) is 0 Å². The van der Waals surface area contributed by atoms with Gasteiger partial charge in [-0.05, 0) is 53.1 Å². The van der Waals surface area contributed by atoms with Crippen LogP contribution in [0.25, 0.3) is 5.57 Å². The maximum atomic E-state index is 13.1. The molecule has 0 aliphatic carbocycles. The number of hydrogen-bond donors (Lipinski definition) is 1. The fourth-order valence-corrected chi connectivity index (χ4v) is 3.91. The summed E-state index contributed by atoms with van der Waals surface area (Å²) in [4.78, 5) is 14.7. The second-order valence-corrected chi connectivity index (χ2v) is 7.88. The zero-order chi connectivity index (χ0) is 21.3. The Bertz CT molecular complexity index is 1090. The molecule has 0 saturated carbocycles. The Morgan fingerprint density at radius 3 is 2.03 bits per heavy atom. The van der Waals surface area contributed by atoms with E-state index < -0.39 is 11.9 Å². The van der Waals surface area contributed by atoms with Crippen molar-refractivity contribution in [3.8, 4) is 5.75 Å². The van der Waals surface area contributed by atoms with E-state index in [9.17, 15) is 9.90 Å². The van der Waals surface area contributed by atoms with Crippen LogP contribution in [-0.4, -0.2) is 23.0 Å². The highest BCUT2D eigenvalue weighted by Gasteiger charge is 2.41. The van der Waals surface area contributed by atoms with E-state index in [-0.39, 0.29) is 5.76 Å². The van der Waals surface area contributed by atoms with Crippen LogP contribution in [-0.2, 0) is 11.3 Å². The van der Waals surface area contributed by atoms with Crippen molar-refractivity contribution in [1.82, 2.24) is 4.90 Å². The molecule has 3 aromatic carbocycles. The second kappa shape index (κ2) is 8.42. The normalized spacial score (nSPS) is 16.3. The highest BCUT2D eigenvalue weighted by Crippen LogP contribution is 2.44. The number of amides is 1. The smallest absolute Gasteiger partial charge is 0.290 e. The molecule has 1 amide bonds. The van der Waals surface area contributed by atoms with Crippen LogP contribution >= 0.6 is 23.2 Å². The fourth-order valence-electron chi connectivity index (χ4n) is 3.66. The van der Waals surface area contributed by atoms with Gasteiger partial charge in [0.05, 0.1) is 13.2 Å². The molecule has 3 aromatic rings. The third kappa shape index (κ3) is 3.89. The van der Waals surface area contributed by atoms with Gasteiger partial charge in [-0.15, -0.1) is 0 Å². The summed E-state index contributed by atoms with van der Waals surface area (Å²) in [6.45, 7) is 0.326. The fraction of sp³-hybridized carbons (Fsp3) is 0.125. The molecule has 30 heavy (non-hydrogen) atoms. The molecule has 0 bridgehead atoms. The zero-order valence-electron chi connectivity index (χ0n) is 16.2. The lowest BCUT2D eigenvalue weighted by Gasteiger charge is -2.27. The summed E-state index contributed by atoms with van der Waals surface area (Å²) in [6.07, 6.45) is 0. The van der Waals surface area contributed by atoms with Gasteiger partial charge in [-0.3, -0.25) is 4.79 Å².